The van der Waals surface area contributed by atoms with Gasteiger partial charge < -0.3 is 10.6 Å². The summed E-state index contributed by atoms with van der Waals surface area (Å²) in [6.45, 7) is 2.37. The Morgan fingerprint density at radius 3 is 3.27 bits per heavy atom. The molecule has 2 heterocycles. The molecule has 5 heteroatoms. The minimum absolute atomic E-state index is 0.127. The Balaban J connectivity index is 1.76. The van der Waals surface area contributed by atoms with E-state index in [0.29, 0.717) is 6.54 Å². The summed E-state index contributed by atoms with van der Waals surface area (Å²) >= 11 is 0. The highest BCUT2D eigenvalue weighted by Crippen LogP contribution is 2.09. The van der Waals surface area contributed by atoms with E-state index in [1.165, 1.54) is 0 Å². The second-order valence-corrected chi connectivity index (χ2v) is 3.84. The minimum Gasteiger partial charge on any atom is -0.350 e. The lowest BCUT2D eigenvalue weighted by molar-refractivity contribution is -0.125. The third-order valence-electron chi connectivity index (χ3n) is 2.68. The van der Waals surface area contributed by atoms with Gasteiger partial charge in [-0.2, -0.15) is 5.10 Å². The topological polar surface area (TPSA) is 69.8 Å². The van der Waals surface area contributed by atoms with Crippen molar-refractivity contribution >= 4 is 5.91 Å². The zero-order chi connectivity index (χ0) is 10.5. The quantitative estimate of drug-likeness (QED) is 0.656. The number of carbonyl (C=O) groups excluding carboxylic acids is 1. The molecule has 1 aromatic heterocycles. The van der Waals surface area contributed by atoms with Crippen LogP contribution in [0.2, 0.25) is 0 Å². The molecule has 15 heavy (non-hydrogen) atoms. The number of hydrogen-bond donors (Lipinski definition) is 3. The SMILES string of the molecule is O=C(NCc1ccn[nH]1)C1CCCNC1. The maximum absolute atomic E-state index is 11.7. The predicted molar refractivity (Wildman–Crippen MR) is 56.0 cm³/mol. The molecule has 1 aromatic rings. The van der Waals surface area contributed by atoms with E-state index in [2.05, 4.69) is 20.8 Å². The van der Waals surface area contributed by atoms with Gasteiger partial charge in [-0.1, -0.05) is 0 Å². The smallest absolute Gasteiger partial charge is 0.224 e. The Bertz CT molecular complexity index is 303. The van der Waals surface area contributed by atoms with Gasteiger partial charge in [0.1, 0.15) is 0 Å². The lowest BCUT2D eigenvalue weighted by atomic mass is 9.99. The fraction of sp³-hybridized carbons (Fsp3) is 0.600. The van der Waals surface area contributed by atoms with Crippen molar-refractivity contribution in [3.8, 4) is 0 Å². The largest absolute Gasteiger partial charge is 0.350 e. The van der Waals surface area contributed by atoms with Crippen molar-refractivity contribution < 1.29 is 4.79 Å². The van der Waals surface area contributed by atoms with E-state index >= 15 is 0 Å². The number of aromatic nitrogens is 2. The number of piperidine rings is 1. The number of hydrogen-bond acceptors (Lipinski definition) is 3. The molecule has 0 aliphatic carbocycles. The molecule has 2 rings (SSSR count). The molecule has 1 fully saturated rings. The second-order valence-electron chi connectivity index (χ2n) is 3.84. The van der Waals surface area contributed by atoms with E-state index in [9.17, 15) is 4.79 Å². The first kappa shape index (κ1) is 10.2. The van der Waals surface area contributed by atoms with Crippen LogP contribution in [0.5, 0.6) is 0 Å². The van der Waals surface area contributed by atoms with Gasteiger partial charge in [0.25, 0.3) is 0 Å². The molecule has 1 aliphatic heterocycles. The van der Waals surface area contributed by atoms with E-state index in [4.69, 9.17) is 0 Å². The normalized spacial score (nSPS) is 21.2. The molecule has 0 saturated carbocycles. The molecule has 3 N–H and O–H groups in total. The number of amides is 1. The van der Waals surface area contributed by atoms with E-state index in [0.717, 1.165) is 31.6 Å². The molecule has 0 radical (unpaired) electrons. The van der Waals surface area contributed by atoms with Gasteiger partial charge in [0, 0.05) is 12.7 Å². The second kappa shape index (κ2) is 4.93. The van der Waals surface area contributed by atoms with Crippen molar-refractivity contribution in [1.29, 1.82) is 0 Å². The maximum atomic E-state index is 11.7. The number of H-pyrrole nitrogens is 1. The maximum Gasteiger partial charge on any atom is 0.224 e. The molecule has 1 aliphatic rings. The molecule has 0 bridgehead atoms. The van der Waals surface area contributed by atoms with Gasteiger partial charge in [0.15, 0.2) is 0 Å². The fourth-order valence-electron chi connectivity index (χ4n) is 1.79. The van der Waals surface area contributed by atoms with Gasteiger partial charge in [0.2, 0.25) is 5.91 Å². The highest BCUT2D eigenvalue weighted by Gasteiger charge is 2.20. The van der Waals surface area contributed by atoms with E-state index in [1.54, 1.807) is 6.20 Å². The summed E-state index contributed by atoms with van der Waals surface area (Å²) < 4.78 is 0. The van der Waals surface area contributed by atoms with Gasteiger partial charge in [-0.15, -0.1) is 0 Å². The number of aromatic amines is 1. The van der Waals surface area contributed by atoms with Crippen LogP contribution in [0.25, 0.3) is 0 Å². The van der Waals surface area contributed by atoms with E-state index in [-0.39, 0.29) is 11.8 Å². The molecule has 1 unspecified atom stereocenters. The van der Waals surface area contributed by atoms with Gasteiger partial charge in [-0.25, -0.2) is 0 Å². The molecule has 0 spiro atoms. The lowest BCUT2D eigenvalue weighted by Crippen LogP contribution is -2.40. The molecule has 1 atom stereocenters. The van der Waals surface area contributed by atoms with Gasteiger partial charge in [-0.05, 0) is 25.5 Å². The Labute approximate surface area is 88.6 Å². The van der Waals surface area contributed by atoms with Crippen LogP contribution >= 0.6 is 0 Å². The molecule has 1 amide bonds. The summed E-state index contributed by atoms with van der Waals surface area (Å²) in [5, 5.41) is 12.8. The van der Waals surface area contributed by atoms with Gasteiger partial charge in [-0.3, -0.25) is 9.89 Å². The van der Waals surface area contributed by atoms with Crippen molar-refractivity contribution in [2.45, 2.75) is 19.4 Å². The van der Waals surface area contributed by atoms with Crippen LogP contribution in [-0.2, 0) is 11.3 Å². The highest BCUT2D eigenvalue weighted by atomic mass is 16.1. The summed E-state index contributed by atoms with van der Waals surface area (Å²) in [5.74, 6) is 0.262. The third kappa shape index (κ3) is 2.79. The lowest BCUT2D eigenvalue weighted by Gasteiger charge is -2.21. The third-order valence-corrected chi connectivity index (χ3v) is 2.68. The van der Waals surface area contributed by atoms with Crippen LogP contribution in [0.15, 0.2) is 12.3 Å². The first-order valence-corrected chi connectivity index (χ1v) is 5.33. The van der Waals surface area contributed by atoms with Crippen molar-refractivity contribution in [3.63, 3.8) is 0 Å². The number of rotatable bonds is 3. The molecule has 0 aromatic carbocycles. The molecule has 1 saturated heterocycles. The average molecular weight is 208 g/mol. The van der Waals surface area contributed by atoms with Crippen LogP contribution in [0.4, 0.5) is 0 Å². The first-order valence-electron chi connectivity index (χ1n) is 5.33. The Morgan fingerprint density at radius 1 is 1.67 bits per heavy atom. The molecular formula is C10H16N4O. The van der Waals surface area contributed by atoms with Crippen molar-refractivity contribution in [3.05, 3.63) is 18.0 Å². The Morgan fingerprint density at radius 2 is 2.60 bits per heavy atom. The van der Waals surface area contributed by atoms with E-state index < -0.39 is 0 Å². The molecule has 82 valence electrons. The van der Waals surface area contributed by atoms with Gasteiger partial charge in [0.05, 0.1) is 18.2 Å². The summed E-state index contributed by atoms with van der Waals surface area (Å²) in [7, 11) is 0. The van der Waals surface area contributed by atoms with Crippen molar-refractivity contribution in [1.82, 2.24) is 20.8 Å². The van der Waals surface area contributed by atoms with Crippen molar-refractivity contribution in [2.24, 2.45) is 5.92 Å². The zero-order valence-corrected chi connectivity index (χ0v) is 8.62. The first-order chi connectivity index (χ1) is 7.36. The predicted octanol–water partition coefficient (Wildman–Crippen LogP) is 0.0255. The van der Waals surface area contributed by atoms with Crippen LogP contribution in [0.3, 0.4) is 0 Å². The number of carbonyl (C=O) groups is 1. The monoisotopic (exact) mass is 208 g/mol. The van der Waals surface area contributed by atoms with Crippen molar-refractivity contribution in [2.75, 3.05) is 13.1 Å². The average Bonchev–Trinajstić information content (AvgIpc) is 2.80. The zero-order valence-electron chi connectivity index (χ0n) is 8.62. The van der Waals surface area contributed by atoms with Crippen LogP contribution in [-0.4, -0.2) is 29.2 Å². The summed E-state index contributed by atoms with van der Waals surface area (Å²) in [6.07, 6.45) is 3.76. The summed E-state index contributed by atoms with van der Waals surface area (Å²) in [5.41, 5.74) is 0.937. The highest BCUT2D eigenvalue weighted by molar-refractivity contribution is 5.78. The van der Waals surface area contributed by atoms with Crippen LogP contribution in [0, 0.1) is 5.92 Å². The van der Waals surface area contributed by atoms with Crippen LogP contribution in [0.1, 0.15) is 18.5 Å². The summed E-state index contributed by atoms with van der Waals surface area (Å²) in [6, 6.07) is 1.86. The Hall–Kier alpha value is -1.36. The molecular weight excluding hydrogens is 192 g/mol. The van der Waals surface area contributed by atoms with E-state index in [1.807, 2.05) is 6.07 Å². The number of nitrogens with one attached hydrogen (secondary N) is 3. The van der Waals surface area contributed by atoms with Gasteiger partial charge >= 0.3 is 0 Å². The number of nitrogens with zero attached hydrogens (tertiary/aromatic N) is 1. The fourth-order valence-corrected chi connectivity index (χ4v) is 1.79. The minimum atomic E-state index is 0.127. The Kier molecular flexibility index (Phi) is 3.34. The molecule has 5 nitrogen and oxygen atoms in total. The standard InChI is InChI=1S/C10H16N4O/c15-10(8-2-1-4-11-6-8)12-7-9-3-5-13-14-9/h3,5,8,11H,1-2,4,6-7H2,(H,12,15)(H,13,14). The summed E-state index contributed by atoms with van der Waals surface area (Å²) in [4.78, 5) is 11.7. The van der Waals surface area contributed by atoms with Crippen LogP contribution < -0.4 is 10.6 Å².